The van der Waals surface area contributed by atoms with Crippen molar-refractivity contribution in [1.82, 2.24) is 0 Å². The highest BCUT2D eigenvalue weighted by Gasteiger charge is 1.73. The predicted molar refractivity (Wildman–Crippen MR) is 28.2 cm³/mol. The first-order valence-corrected chi connectivity index (χ1v) is 1.83. The number of nitrogens with zero attached hydrogens (tertiary/aromatic N) is 1. The maximum absolute atomic E-state index is 8.01. The molecule has 0 aromatic heterocycles. The van der Waals surface area contributed by atoms with Gasteiger partial charge in [-0.1, -0.05) is 12.5 Å². The van der Waals surface area contributed by atoms with E-state index in [0.717, 1.165) is 0 Å². The molecule has 0 aromatic rings. The fourth-order valence-corrected chi connectivity index (χ4v) is 0.179. The smallest absolute Gasteiger partial charge is 0.108 e. The van der Waals surface area contributed by atoms with Crippen molar-refractivity contribution in [2.75, 3.05) is 0 Å². The molecular weight excluding hydrogens is 86.1 g/mol. The molecular formula is C6H5N. The van der Waals surface area contributed by atoms with Crippen LogP contribution in [0, 0.1) is 23.2 Å². The summed E-state index contributed by atoms with van der Waals surface area (Å²) >= 11 is 0. The average Bonchev–Trinajstić information content (AvgIpc) is 1.68. The van der Waals surface area contributed by atoms with E-state index in [2.05, 4.69) is 18.4 Å². The van der Waals surface area contributed by atoms with Crippen LogP contribution in [0.15, 0.2) is 12.2 Å². The van der Waals surface area contributed by atoms with Gasteiger partial charge in [0, 0.05) is 0 Å². The molecule has 1 nitrogen and oxygen atoms in total. The van der Waals surface area contributed by atoms with Gasteiger partial charge in [-0.05, 0) is 6.92 Å². The molecule has 0 amide bonds. The minimum Gasteiger partial charge on any atom is -0.192 e. The SMILES string of the molecule is C=C(C#N)C#CC. The number of nitriles is 1. The monoisotopic (exact) mass is 91.0 g/mol. The third kappa shape index (κ3) is 2.60. The van der Waals surface area contributed by atoms with Gasteiger partial charge in [0.05, 0.1) is 5.57 Å². The van der Waals surface area contributed by atoms with Crippen LogP contribution in [0.25, 0.3) is 0 Å². The summed E-state index contributed by atoms with van der Waals surface area (Å²) in [6, 6.07) is 1.80. The molecule has 0 fully saturated rings. The second kappa shape index (κ2) is 3.00. The Kier molecular flexibility index (Phi) is 2.48. The summed E-state index contributed by atoms with van der Waals surface area (Å²) in [5.74, 6) is 5.04. The van der Waals surface area contributed by atoms with Gasteiger partial charge in [0.25, 0.3) is 0 Å². The second-order valence-electron chi connectivity index (χ2n) is 0.965. The largest absolute Gasteiger partial charge is 0.192 e. The summed E-state index contributed by atoms with van der Waals surface area (Å²) in [6.45, 7) is 5.00. The molecule has 0 aliphatic rings. The Morgan fingerprint density at radius 2 is 2.29 bits per heavy atom. The Bertz CT molecular complexity index is 161. The van der Waals surface area contributed by atoms with Crippen molar-refractivity contribution in [2.24, 2.45) is 0 Å². The average molecular weight is 91.1 g/mol. The molecule has 0 radical (unpaired) electrons. The van der Waals surface area contributed by atoms with Crippen molar-refractivity contribution in [3.63, 3.8) is 0 Å². The van der Waals surface area contributed by atoms with Crippen molar-refractivity contribution in [2.45, 2.75) is 6.92 Å². The van der Waals surface area contributed by atoms with Crippen molar-refractivity contribution in [1.29, 1.82) is 5.26 Å². The van der Waals surface area contributed by atoms with Crippen molar-refractivity contribution < 1.29 is 0 Å². The van der Waals surface area contributed by atoms with E-state index in [0.29, 0.717) is 5.57 Å². The quantitative estimate of drug-likeness (QED) is 0.323. The van der Waals surface area contributed by atoms with Gasteiger partial charge in [0.15, 0.2) is 0 Å². The van der Waals surface area contributed by atoms with Gasteiger partial charge in [0.2, 0.25) is 0 Å². The predicted octanol–water partition coefficient (Wildman–Crippen LogP) is 1.09. The maximum Gasteiger partial charge on any atom is 0.108 e. The molecule has 0 heterocycles. The fraction of sp³-hybridized carbons (Fsp3) is 0.167. The molecule has 0 saturated carbocycles. The lowest BCUT2D eigenvalue weighted by Crippen LogP contribution is -1.61. The Morgan fingerprint density at radius 1 is 1.71 bits per heavy atom. The number of allylic oxidation sites excluding steroid dienone is 1. The van der Waals surface area contributed by atoms with E-state index in [4.69, 9.17) is 5.26 Å². The van der Waals surface area contributed by atoms with Gasteiger partial charge in [-0.3, -0.25) is 0 Å². The summed E-state index contributed by atoms with van der Waals surface area (Å²) in [4.78, 5) is 0. The highest BCUT2D eigenvalue weighted by molar-refractivity contribution is 5.36. The minimum absolute atomic E-state index is 0.322. The summed E-state index contributed by atoms with van der Waals surface area (Å²) in [5.41, 5.74) is 0.322. The van der Waals surface area contributed by atoms with Gasteiger partial charge in [-0.25, -0.2) is 0 Å². The van der Waals surface area contributed by atoms with E-state index in [1.54, 1.807) is 13.0 Å². The summed E-state index contributed by atoms with van der Waals surface area (Å²) in [6.07, 6.45) is 0. The lowest BCUT2D eigenvalue weighted by Gasteiger charge is -1.66. The van der Waals surface area contributed by atoms with Crippen LogP contribution in [0.1, 0.15) is 6.92 Å². The molecule has 0 unspecified atom stereocenters. The van der Waals surface area contributed by atoms with E-state index >= 15 is 0 Å². The standard InChI is InChI=1S/C6H5N/c1-3-4-6(2)5-7/h2H2,1H3. The van der Waals surface area contributed by atoms with Crippen LogP contribution < -0.4 is 0 Å². The summed E-state index contributed by atoms with van der Waals surface area (Å²) in [5, 5.41) is 8.01. The van der Waals surface area contributed by atoms with Crippen molar-refractivity contribution in [3.8, 4) is 17.9 Å². The number of hydrogen-bond acceptors (Lipinski definition) is 1. The van der Waals surface area contributed by atoms with Gasteiger partial charge < -0.3 is 0 Å². The minimum atomic E-state index is 0.322. The van der Waals surface area contributed by atoms with Crippen LogP contribution in [-0.2, 0) is 0 Å². The molecule has 0 aliphatic heterocycles. The molecule has 0 bridgehead atoms. The van der Waals surface area contributed by atoms with E-state index in [1.807, 2.05) is 0 Å². The van der Waals surface area contributed by atoms with E-state index < -0.39 is 0 Å². The van der Waals surface area contributed by atoms with Gasteiger partial charge in [0.1, 0.15) is 6.07 Å². The van der Waals surface area contributed by atoms with Crippen LogP contribution >= 0.6 is 0 Å². The highest BCUT2D eigenvalue weighted by Crippen LogP contribution is 1.77. The van der Waals surface area contributed by atoms with Crippen molar-refractivity contribution in [3.05, 3.63) is 12.2 Å². The van der Waals surface area contributed by atoms with Crippen LogP contribution in [0.3, 0.4) is 0 Å². The zero-order valence-corrected chi connectivity index (χ0v) is 4.15. The Labute approximate surface area is 43.3 Å². The molecule has 7 heavy (non-hydrogen) atoms. The number of hydrogen-bond donors (Lipinski definition) is 0. The summed E-state index contributed by atoms with van der Waals surface area (Å²) < 4.78 is 0. The molecule has 0 atom stereocenters. The first-order chi connectivity index (χ1) is 3.31. The number of rotatable bonds is 0. The first kappa shape index (κ1) is 5.79. The first-order valence-electron chi connectivity index (χ1n) is 1.83. The molecule has 0 saturated heterocycles. The topological polar surface area (TPSA) is 23.8 Å². The molecule has 1 heteroatoms. The van der Waals surface area contributed by atoms with Crippen LogP contribution in [-0.4, -0.2) is 0 Å². The lowest BCUT2D eigenvalue weighted by molar-refractivity contribution is 1.52. The van der Waals surface area contributed by atoms with Gasteiger partial charge >= 0.3 is 0 Å². The Hall–Kier alpha value is -1.21. The molecule has 34 valence electrons. The van der Waals surface area contributed by atoms with Crippen LogP contribution in [0.5, 0.6) is 0 Å². The van der Waals surface area contributed by atoms with Crippen molar-refractivity contribution >= 4 is 0 Å². The second-order valence-corrected chi connectivity index (χ2v) is 0.965. The van der Waals surface area contributed by atoms with E-state index in [-0.39, 0.29) is 0 Å². The molecule has 0 spiro atoms. The van der Waals surface area contributed by atoms with Crippen LogP contribution in [0.2, 0.25) is 0 Å². The zero-order chi connectivity index (χ0) is 5.70. The summed E-state index contributed by atoms with van der Waals surface area (Å²) in [7, 11) is 0. The molecule has 0 aliphatic carbocycles. The molecule has 0 aromatic carbocycles. The van der Waals surface area contributed by atoms with Gasteiger partial charge in [-0.2, -0.15) is 5.26 Å². The Balaban J connectivity index is 3.83. The highest BCUT2D eigenvalue weighted by atomic mass is 14.2. The Morgan fingerprint density at radius 3 is 2.43 bits per heavy atom. The third-order valence-corrected chi connectivity index (χ3v) is 0.411. The zero-order valence-electron chi connectivity index (χ0n) is 4.15. The fourth-order valence-electron chi connectivity index (χ4n) is 0.179. The maximum atomic E-state index is 8.01. The lowest BCUT2D eigenvalue weighted by atomic mass is 10.3. The normalized spacial score (nSPS) is 5.14. The van der Waals surface area contributed by atoms with E-state index in [9.17, 15) is 0 Å². The van der Waals surface area contributed by atoms with Crippen LogP contribution in [0.4, 0.5) is 0 Å². The van der Waals surface area contributed by atoms with Gasteiger partial charge in [-0.15, -0.1) is 5.92 Å². The molecule has 0 rings (SSSR count). The van der Waals surface area contributed by atoms with E-state index in [1.165, 1.54) is 0 Å². The molecule has 0 N–H and O–H groups in total. The third-order valence-electron chi connectivity index (χ3n) is 0.411.